The summed E-state index contributed by atoms with van der Waals surface area (Å²) in [5, 5.41) is 10.2. The van der Waals surface area contributed by atoms with Gasteiger partial charge in [-0.15, -0.1) is 0 Å². The van der Waals surface area contributed by atoms with Gasteiger partial charge >= 0.3 is 0 Å². The Kier molecular flexibility index (Phi) is 1.71. The Morgan fingerprint density at radius 2 is 2.00 bits per heavy atom. The van der Waals surface area contributed by atoms with Crippen molar-refractivity contribution in [1.29, 1.82) is 0 Å². The lowest BCUT2D eigenvalue weighted by Crippen LogP contribution is -2.37. The van der Waals surface area contributed by atoms with Gasteiger partial charge in [0.25, 0.3) is 0 Å². The molecule has 64 valence electrons. The fraction of sp³-hybridized carbons (Fsp3) is 1.00. The molecule has 2 rings (SSSR count). The van der Waals surface area contributed by atoms with Crippen LogP contribution in [0.5, 0.6) is 0 Å². The minimum atomic E-state index is -0.238. The van der Waals surface area contributed by atoms with E-state index in [9.17, 15) is 5.11 Å². The molecule has 1 N–H and O–H groups in total. The zero-order chi connectivity index (χ0) is 7.90. The molecule has 3 atom stereocenters. The van der Waals surface area contributed by atoms with Crippen LogP contribution in [-0.2, 0) is 0 Å². The summed E-state index contributed by atoms with van der Waals surface area (Å²) in [7, 11) is 0. The van der Waals surface area contributed by atoms with Gasteiger partial charge < -0.3 is 5.11 Å². The molecule has 2 saturated carbocycles. The van der Waals surface area contributed by atoms with Gasteiger partial charge in [0, 0.05) is 0 Å². The Morgan fingerprint density at radius 3 is 2.73 bits per heavy atom. The predicted molar refractivity (Wildman–Crippen MR) is 45.3 cm³/mol. The summed E-state index contributed by atoms with van der Waals surface area (Å²) >= 11 is 0. The molecule has 0 amide bonds. The lowest BCUT2D eigenvalue weighted by molar-refractivity contribution is -0.0356. The Balaban J connectivity index is 2.14. The maximum Gasteiger partial charge on any atom is 0.0678 e. The second-order valence-electron chi connectivity index (χ2n) is 4.47. The summed E-state index contributed by atoms with van der Waals surface area (Å²) in [4.78, 5) is 0. The van der Waals surface area contributed by atoms with Crippen molar-refractivity contribution in [2.24, 2.45) is 11.8 Å². The molecule has 0 aromatic carbocycles. The third-order valence-corrected chi connectivity index (χ3v) is 3.78. The fourth-order valence-corrected chi connectivity index (χ4v) is 3.05. The van der Waals surface area contributed by atoms with E-state index in [-0.39, 0.29) is 5.60 Å². The first kappa shape index (κ1) is 7.60. The molecule has 0 aliphatic heterocycles. The summed E-state index contributed by atoms with van der Waals surface area (Å²) in [6.07, 6.45) is 7.26. The van der Waals surface area contributed by atoms with Crippen molar-refractivity contribution in [2.75, 3.05) is 0 Å². The van der Waals surface area contributed by atoms with Gasteiger partial charge in [-0.2, -0.15) is 0 Å². The molecule has 1 nitrogen and oxygen atoms in total. The predicted octanol–water partition coefficient (Wildman–Crippen LogP) is 2.34. The SMILES string of the molecule is C[C@@H]1CC[C@]2(O)CCCC[C@H]12. The second kappa shape index (κ2) is 2.48. The quantitative estimate of drug-likeness (QED) is 0.568. The van der Waals surface area contributed by atoms with Crippen molar-refractivity contribution in [3.63, 3.8) is 0 Å². The molecule has 0 spiro atoms. The van der Waals surface area contributed by atoms with Crippen LogP contribution < -0.4 is 0 Å². The maximum absolute atomic E-state index is 10.2. The number of hydrogen-bond donors (Lipinski definition) is 1. The summed E-state index contributed by atoms with van der Waals surface area (Å²) in [6.45, 7) is 2.30. The zero-order valence-corrected chi connectivity index (χ0v) is 7.34. The standard InChI is InChI=1S/C10H18O/c1-8-5-7-10(11)6-3-2-4-9(8)10/h8-9,11H,2-7H2,1H3/t8-,9-,10-/m1/s1. The van der Waals surface area contributed by atoms with Crippen molar-refractivity contribution >= 4 is 0 Å². The molecular weight excluding hydrogens is 136 g/mol. The third kappa shape index (κ3) is 1.10. The molecule has 0 aromatic heterocycles. The van der Waals surface area contributed by atoms with Gasteiger partial charge in [-0.3, -0.25) is 0 Å². The number of fused-ring (bicyclic) bond motifs is 1. The Morgan fingerprint density at radius 1 is 1.18 bits per heavy atom. The summed E-state index contributed by atoms with van der Waals surface area (Å²) in [5.74, 6) is 1.41. The second-order valence-corrected chi connectivity index (χ2v) is 4.47. The number of hydrogen-bond acceptors (Lipinski definition) is 1. The Hall–Kier alpha value is -0.0400. The first-order chi connectivity index (χ1) is 5.22. The third-order valence-electron chi connectivity index (χ3n) is 3.78. The van der Waals surface area contributed by atoms with Gasteiger partial charge in [-0.05, 0) is 37.5 Å². The topological polar surface area (TPSA) is 20.2 Å². The van der Waals surface area contributed by atoms with E-state index in [1.54, 1.807) is 0 Å². The Labute approximate surface area is 68.8 Å². The molecule has 1 heteroatoms. The minimum absolute atomic E-state index is 0.238. The van der Waals surface area contributed by atoms with Crippen molar-refractivity contribution in [1.82, 2.24) is 0 Å². The van der Waals surface area contributed by atoms with E-state index in [4.69, 9.17) is 0 Å². The highest BCUT2D eigenvalue weighted by atomic mass is 16.3. The average Bonchev–Trinajstić information content (AvgIpc) is 2.29. The van der Waals surface area contributed by atoms with Gasteiger partial charge in [0.2, 0.25) is 0 Å². The lowest BCUT2D eigenvalue weighted by Gasteiger charge is -2.36. The van der Waals surface area contributed by atoms with Crippen LogP contribution in [0.3, 0.4) is 0 Å². The fourth-order valence-electron chi connectivity index (χ4n) is 3.05. The first-order valence-electron chi connectivity index (χ1n) is 4.95. The molecule has 0 aromatic rings. The highest BCUT2D eigenvalue weighted by molar-refractivity contribution is 4.97. The summed E-state index contributed by atoms with van der Waals surface area (Å²) < 4.78 is 0. The van der Waals surface area contributed by atoms with Crippen LogP contribution in [0.4, 0.5) is 0 Å². The van der Waals surface area contributed by atoms with Crippen LogP contribution in [0.2, 0.25) is 0 Å². The molecule has 11 heavy (non-hydrogen) atoms. The highest BCUT2D eigenvalue weighted by Crippen LogP contribution is 2.48. The first-order valence-corrected chi connectivity index (χ1v) is 4.95. The molecule has 2 fully saturated rings. The summed E-state index contributed by atoms with van der Waals surface area (Å²) in [6, 6.07) is 0. The summed E-state index contributed by atoms with van der Waals surface area (Å²) in [5.41, 5.74) is -0.238. The maximum atomic E-state index is 10.2. The van der Waals surface area contributed by atoms with E-state index in [2.05, 4.69) is 6.92 Å². The zero-order valence-electron chi connectivity index (χ0n) is 7.34. The van der Waals surface area contributed by atoms with Gasteiger partial charge in [-0.1, -0.05) is 19.8 Å². The largest absolute Gasteiger partial charge is 0.390 e. The van der Waals surface area contributed by atoms with Gasteiger partial charge in [0.15, 0.2) is 0 Å². The van der Waals surface area contributed by atoms with Crippen molar-refractivity contribution in [3.8, 4) is 0 Å². The van der Waals surface area contributed by atoms with E-state index >= 15 is 0 Å². The monoisotopic (exact) mass is 154 g/mol. The number of aliphatic hydroxyl groups is 1. The molecule has 0 unspecified atom stereocenters. The average molecular weight is 154 g/mol. The van der Waals surface area contributed by atoms with E-state index in [1.165, 1.54) is 25.7 Å². The van der Waals surface area contributed by atoms with Crippen molar-refractivity contribution < 1.29 is 5.11 Å². The van der Waals surface area contributed by atoms with Crippen LogP contribution in [0.25, 0.3) is 0 Å². The van der Waals surface area contributed by atoms with E-state index in [0.29, 0.717) is 5.92 Å². The normalized spacial score (nSPS) is 50.7. The van der Waals surface area contributed by atoms with Gasteiger partial charge in [0.1, 0.15) is 0 Å². The van der Waals surface area contributed by atoms with Crippen LogP contribution >= 0.6 is 0 Å². The molecule has 0 heterocycles. The molecule has 0 saturated heterocycles. The molecular formula is C10H18O. The van der Waals surface area contributed by atoms with Crippen LogP contribution in [0.1, 0.15) is 45.4 Å². The van der Waals surface area contributed by atoms with E-state index in [1.807, 2.05) is 0 Å². The van der Waals surface area contributed by atoms with Crippen molar-refractivity contribution in [3.05, 3.63) is 0 Å². The highest BCUT2D eigenvalue weighted by Gasteiger charge is 2.46. The number of rotatable bonds is 0. The minimum Gasteiger partial charge on any atom is -0.390 e. The smallest absolute Gasteiger partial charge is 0.0678 e. The van der Waals surface area contributed by atoms with E-state index < -0.39 is 0 Å². The van der Waals surface area contributed by atoms with Gasteiger partial charge in [-0.25, -0.2) is 0 Å². The molecule has 2 aliphatic carbocycles. The molecule has 0 radical (unpaired) electrons. The van der Waals surface area contributed by atoms with E-state index in [0.717, 1.165) is 18.8 Å². The Bertz CT molecular complexity index is 151. The van der Waals surface area contributed by atoms with Crippen LogP contribution in [-0.4, -0.2) is 10.7 Å². The molecule has 2 aliphatic rings. The van der Waals surface area contributed by atoms with Crippen molar-refractivity contribution in [2.45, 2.75) is 51.0 Å². The van der Waals surface area contributed by atoms with Gasteiger partial charge in [0.05, 0.1) is 5.60 Å². The lowest BCUT2D eigenvalue weighted by atomic mass is 9.75. The van der Waals surface area contributed by atoms with Crippen LogP contribution in [0, 0.1) is 11.8 Å². The van der Waals surface area contributed by atoms with Crippen LogP contribution in [0.15, 0.2) is 0 Å². The molecule has 0 bridgehead atoms.